The highest BCUT2D eigenvalue weighted by Gasteiger charge is 2.21. The molecule has 0 radical (unpaired) electrons. The van der Waals surface area contributed by atoms with E-state index in [9.17, 15) is 9.59 Å². The number of hydrogen-bond acceptors (Lipinski definition) is 5. The van der Waals surface area contributed by atoms with Gasteiger partial charge < -0.3 is 16.0 Å². The van der Waals surface area contributed by atoms with Crippen LogP contribution >= 0.6 is 0 Å². The molecule has 7 nitrogen and oxygen atoms in total. The van der Waals surface area contributed by atoms with Crippen molar-refractivity contribution in [2.75, 3.05) is 24.1 Å². The Kier molecular flexibility index (Phi) is 4.72. The van der Waals surface area contributed by atoms with Crippen LogP contribution in [0.1, 0.15) is 31.5 Å². The fraction of sp³-hybridized carbons (Fsp3) is 0.143. The Morgan fingerprint density at radius 3 is 2.39 bits per heavy atom. The minimum atomic E-state index is -0.428. The molecule has 0 saturated carbocycles. The maximum Gasteiger partial charge on any atom is 0.278 e. The zero-order valence-corrected chi connectivity index (χ0v) is 15.1. The largest absolute Gasteiger partial charge is 0.382 e. The van der Waals surface area contributed by atoms with Gasteiger partial charge in [-0.2, -0.15) is 0 Å². The summed E-state index contributed by atoms with van der Waals surface area (Å²) in [6.45, 7) is 1.62. The Morgan fingerprint density at radius 2 is 1.75 bits per heavy atom. The molecule has 1 fully saturated rings. The maximum absolute atomic E-state index is 12.5. The molecular formula is C21H25N5O2. The highest BCUT2D eigenvalue weighted by atomic mass is 16.2. The Hall–Kier alpha value is -3.74. The number of hydrogen-bond donors (Lipinski definition) is 2. The average molecular weight is 379 g/mol. The molecule has 0 spiro atoms. The van der Waals surface area contributed by atoms with E-state index >= 15 is 0 Å². The van der Waals surface area contributed by atoms with Gasteiger partial charge >= 0.3 is 0 Å². The molecule has 3 aromatic rings. The number of nitrogens with one attached hydrogen (secondary N) is 1. The van der Waals surface area contributed by atoms with E-state index in [0.717, 1.165) is 25.1 Å². The number of likely N-dealkylation sites (tertiary alicyclic amines) is 1. The van der Waals surface area contributed by atoms with E-state index in [1.165, 1.54) is 6.20 Å². The lowest BCUT2D eigenvalue weighted by atomic mass is 10.1. The first-order valence-corrected chi connectivity index (χ1v) is 9.00. The molecule has 0 atom stereocenters. The second-order valence-corrected chi connectivity index (χ2v) is 6.53. The van der Waals surface area contributed by atoms with E-state index in [4.69, 9.17) is 5.73 Å². The third-order valence-electron chi connectivity index (χ3n) is 4.62. The molecular weight excluding hydrogens is 354 g/mol. The summed E-state index contributed by atoms with van der Waals surface area (Å²) in [4.78, 5) is 35.1. The van der Waals surface area contributed by atoms with Gasteiger partial charge in [-0.05, 0) is 30.7 Å². The molecule has 1 saturated heterocycles. The monoisotopic (exact) mass is 379 g/mol. The number of anilines is 2. The van der Waals surface area contributed by atoms with Gasteiger partial charge in [0.15, 0.2) is 11.5 Å². The predicted molar refractivity (Wildman–Crippen MR) is 113 cm³/mol. The molecule has 146 valence electrons. The number of carbonyl (C=O) groups is 2. The smallest absolute Gasteiger partial charge is 0.278 e. The van der Waals surface area contributed by atoms with Crippen molar-refractivity contribution >= 4 is 23.3 Å². The van der Waals surface area contributed by atoms with Crippen LogP contribution in [-0.4, -0.2) is 39.8 Å². The van der Waals surface area contributed by atoms with Crippen LogP contribution in [0.5, 0.6) is 0 Å². The summed E-state index contributed by atoms with van der Waals surface area (Å²) in [5, 5.41) is 2.76. The van der Waals surface area contributed by atoms with Gasteiger partial charge in [-0.3, -0.25) is 9.59 Å². The van der Waals surface area contributed by atoms with Gasteiger partial charge in [0.05, 0.1) is 11.9 Å². The molecule has 0 unspecified atom stereocenters. The molecule has 1 aromatic heterocycles. The van der Waals surface area contributed by atoms with E-state index in [1.54, 1.807) is 36.4 Å². The van der Waals surface area contributed by atoms with Crippen LogP contribution in [0.3, 0.4) is 0 Å². The van der Waals surface area contributed by atoms with Crippen molar-refractivity contribution < 1.29 is 13.9 Å². The molecule has 28 heavy (non-hydrogen) atoms. The molecule has 4 rings (SSSR count). The first-order chi connectivity index (χ1) is 13.6. The molecule has 0 aliphatic carbocycles. The molecule has 0 bridgehead atoms. The minimum absolute atomic E-state index is 0. The van der Waals surface area contributed by atoms with Crippen LogP contribution in [0, 0.1) is 0 Å². The number of para-hydroxylation sites is 1. The van der Waals surface area contributed by atoms with E-state index < -0.39 is 5.91 Å². The lowest BCUT2D eigenvalue weighted by molar-refractivity contribution is 0.0651. The highest BCUT2D eigenvalue weighted by molar-refractivity contribution is 6.06. The Bertz CT molecular complexity index is 1030. The van der Waals surface area contributed by atoms with E-state index in [0.29, 0.717) is 16.9 Å². The molecule has 2 heterocycles. The SMILES string of the molecule is Nc1ncc(-c2ccc(C(=O)N3CCC3)cc2)nc1C(=O)Nc1ccccc1.[HH].[HH].[HH]. The highest BCUT2D eigenvalue weighted by Crippen LogP contribution is 2.21. The molecule has 1 aliphatic heterocycles. The van der Waals surface area contributed by atoms with Gasteiger partial charge in [-0.15, -0.1) is 0 Å². The first-order valence-electron chi connectivity index (χ1n) is 9.00. The first kappa shape index (κ1) is 17.7. The summed E-state index contributed by atoms with van der Waals surface area (Å²) < 4.78 is 0. The van der Waals surface area contributed by atoms with Gasteiger partial charge in [-0.1, -0.05) is 30.3 Å². The summed E-state index contributed by atoms with van der Waals surface area (Å²) >= 11 is 0. The van der Waals surface area contributed by atoms with Crippen molar-refractivity contribution in [3.63, 3.8) is 0 Å². The number of rotatable bonds is 4. The fourth-order valence-corrected chi connectivity index (χ4v) is 2.90. The molecule has 2 aromatic carbocycles. The zero-order chi connectivity index (χ0) is 19.5. The topological polar surface area (TPSA) is 101 Å². The number of nitrogens with two attached hydrogens (primary N) is 1. The third-order valence-corrected chi connectivity index (χ3v) is 4.62. The summed E-state index contributed by atoms with van der Waals surface area (Å²) in [5.74, 6) is -0.339. The quantitative estimate of drug-likeness (QED) is 0.722. The van der Waals surface area contributed by atoms with E-state index in [2.05, 4.69) is 15.3 Å². The van der Waals surface area contributed by atoms with Crippen LogP contribution in [0.15, 0.2) is 60.8 Å². The normalized spacial score (nSPS) is 12.9. The number of nitrogens with zero attached hydrogens (tertiary/aromatic N) is 3. The Labute approximate surface area is 166 Å². The lowest BCUT2D eigenvalue weighted by Crippen LogP contribution is -2.41. The van der Waals surface area contributed by atoms with Crippen molar-refractivity contribution in [2.45, 2.75) is 6.42 Å². The molecule has 3 N–H and O–H groups in total. The third kappa shape index (κ3) is 3.55. The molecule has 7 heteroatoms. The molecule has 2 amide bonds. The number of carbonyl (C=O) groups excluding carboxylic acids is 2. The van der Waals surface area contributed by atoms with Crippen molar-refractivity contribution in [3.05, 3.63) is 72.1 Å². The summed E-state index contributed by atoms with van der Waals surface area (Å²) in [5.41, 5.74) is 8.45. The lowest BCUT2D eigenvalue weighted by Gasteiger charge is -2.30. The second kappa shape index (κ2) is 7.48. The Morgan fingerprint density at radius 1 is 1.04 bits per heavy atom. The zero-order valence-electron chi connectivity index (χ0n) is 15.1. The second-order valence-electron chi connectivity index (χ2n) is 6.53. The van der Waals surface area contributed by atoms with Crippen LogP contribution < -0.4 is 11.1 Å². The number of aromatic nitrogens is 2. The van der Waals surface area contributed by atoms with Crippen LogP contribution in [0.25, 0.3) is 11.3 Å². The van der Waals surface area contributed by atoms with E-state index in [1.807, 2.05) is 23.1 Å². The molecule has 1 aliphatic rings. The minimum Gasteiger partial charge on any atom is -0.382 e. The summed E-state index contributed by atoms with van der Waals surface area (Å²) in [6, 6.07) is 16.2. The standard InChI is InChI=1S/C21H19N5O2.3H2/c22-19-18(20(27)24-16-5-2-1-3-6-16)25-17(13-23-19)14-7-9-15(10-8-14)21(28)26-11-4-12-26;;;/h1-3,5-10,13H,4,11-12H2,(H2,22,23)(H,24,27);3*1H. The van der Waals surface area contributed by atoms with E-state index in [-0.39, 0.29) is 21.7 Å². The van der Waals surface area contributed by atoms with Gasteiger partial charge in [-0.25, -0.2) is 9.97 Å². The van der Waals surface area contributed by atoms with Gasteiger partial charge in [0.2, 0.25) is 0 Å². The Balaban J connectivity index is 0.00000160. The maximum atomic E-state index is 12.5. The van der Waals surface area contributed by atoms with Crippen LogP contribution in [0.4, 0.5) is 11.5 Å². The predicted octanol–water partition coefficient (Wildman–Crippen LogP) is 3.56. The van der Waals surface area contributed by atoms with Gasteiger partial charge in [0, 0.05) is 34.2 Å². The average Bonchev–Trinajstić information content (AvgIpc) is 2.68. The van der Waals surface area contributed by atoms with Gasteiger partial charge in [0.1, 0.15) is 0 Å². The fourth-order valence-electron chi connectivity index (χ4n) is 2.90. The van der Waals surface area contributed by atoms with Crippen molar-refractivity contribution in [2.24, 2.45) is 0 Å². The number of amides is 2. The van der Waals surface area contributed by atoms with Crippen LogP contribution in [0.2, 0.25) is 0 Å². The van der Waals surface area contributed by atoms with Crippen molar-refractivity contribution in [3.8, 4) is 11.3 Å². The van der Waals surface area contributed by atoms with Crippen molar-refractivity contribution in [1.82, 2.24) is 14.9 Å². The summed E-state index contributed by atoms with van der Waals surface area (Å²) in [7, 11) is 0. The summed E-state index contributed by atoms with van der Waals surface area (Å²) in [6.07, 6.45) is 2.57. The number of benzene rings is 2. The number of nitrogen functional groups attached to an aromatic ring is 1. The van der Waals surface area contributed by atoms with Crippen molar-refractivity contribution in [1.29, 1.82) is 0 Å². The van der Waals surface area contributed by atoms with Gasteiger partial charge in [0.25, 0.3) is 11.8 Å². The van der Waals surface area contributed by atoms with Crippen LogP contribution in [-0.2, 0) is 0 Å².